The van der Waals surface area contributed by atoms with Crippen molar-refractivity contribution in [3.05, 3.63) is 52.4 Å². The molecule has 0 fully saturated rings. The first-order chi connectivity index (χ1) is 9.10. The summed E-state index contributed by atoms with van der Waals surface area (Å²) in [5.41, 5.74) is 8.07. The zero-order valence-corrected chi connectivity index (χ0v) is 11.2. The van der Waals surface area contributed by atoms with Gasteiger partial charge in [0, 0.05) is 25.3 Å². The second-order valence-corrected chi connectivity index (χ2v) is 4.47. The largest absolute Gasteiger partial charge is 0.399 e. The van der Waals surface area contributed by atoms with E-state index in [4.69, 9.17) is 5.73 Å². The molecule has 2 rings (SSSR count). The molecule has 100 valence electrons. The van der Waals surface area contributed by atoms with Gasteiger partial charge in [-0.15, -0.1) is 0 Å². The van der Waals surface area contributed by atoms with Gasteiger partial charge in [-0.3, -0.25) is 4.79 Å². The Morgan fingerprint density at radius 1 is 1.32 bits per heavy atom. The molecule has 0 saturated heterocycles. The summed E-state index contributed by atoms with van der Waals surface area (Å²) in [6, 6.07) is 9.04. The Morgan fingerprint density at radius 3 is 2.58 bits per heavy atom. The molecule has 0 amide bonds. The number of nitrogens with two attached hydrogens (primary N) is 1. The van der Waals surface area contributed by atoms with E-state index in [1.807, 2.05) is 43.1 Å². The predicted octanol–water partition coefficient (Wildman–Crippen LogP) is 1.33. The highest BCUT2D eigenvalue weighted by molar-refractivity contribution is 5.42. The summed E-state index contributed by atoms with van der Waals surface area (Å²) in [5.74, 6) is 0. The first-order valence-electron chi connectivity index (χ1n) is 6.23. The van der Waals surface area contributed by atoms with E-state index in [1.54, 1.807) is 12.3 Å². The first-order valence-corrected chi connectivity index (χ1v) is 6.23. The lowest BCUT2D eigenvalue weighted by molar-refractivity contribution is 0.637. The molecule has 0 aliphatic rings. The third-order valence-corrected chi connectivity index (χ3v) is 3.08. The Labute approximate surface area is 112 Å². The number of aromatic nitrogens is 2. The fraction of sp³-hybridized carbons (Fsp3) is 0.286. The lowest BCUT2D eigenvalue weighted by Crippen LogP contribution is -2.25. The minimum absolute atomic E-state index is 0.102. The summed E-state index contributed by atoms with van der Waals surface area (Å²) < 4.78 is 1.44. The Morgan fingerprint density at radius 2 is 2.00 bits per heavy atom. The predicted molar refractivity (Wildman–Crippen MR) is 77.4 cm³/mol. The second-order valence-electron chi connectivity index (χ2n) is 4.47. The van der Waals surface area contributed by atoms with Gasteiger partial charge >= 0.3 is 0 Å². The molecule has 1 aromatic heterocycles. The van der Waals surface area contributed by atoms with Crippen LogP contribution in [0.25, 0.3) is 0 Å². The second kappa shape index (κ2) is 5.56. The molecule has 2 aromatic rings. The number of anilines is 2. The van der Waals surface area contributed by atoms with Gasteiger partial charge < -0.3 is 10.6 Å². The van der Waals surface area contributed by atoms with Crippen LogP contribution in [0, 0.1) is 0 Å². The molecular weight excluding hydrogens is 240 g/mol. The van der Waals surface area contributed by atoms with Crippen molar-refractivity contribution >= 4 is 11.4 Å². The summed E-state index contributed by atoms with van der Waals surface area (Å²) in [6.07, 6.45) is 1.71. The minimum atomic E-state index is -0.102. The van der Waals surface area contributed by atoms with Gasteiger partial charge in [0.25, 0.3) is 5.56 Å². The third-order valence-electron chi connectivity index (χ3n) is 3.08. The van der Waals surface area contributed by atoms with Crippen LogP contribution >= 0.6 is 0 Å². The van der Waals surface area contributed by atoms with Crippen molar-refractivity contribution in [1.82, 2.24) is 9.78 Å². The van der Waals surface area contributed by atoms with Gasteiger partial charge in [-0.1, -0.05) is 12.1 Å². The number of benzene rings is 1. The Balaban J connectivity index is 2.22. The molecule has 0 saturated carbocycles. The fourth-order valence-corrected chi connectivity index (χ4v) is 1.73. The molecule has 1 aromatic carbocycles. The fourth-order valence-electron chi connectivity index (χ4n) is 1.73. The molecular formula is C14H18N4O. The molecule has 5 nitrogen and oxygen atoms in total. The van der Waals surface area contributed by atoms with Gasteiger partial charge in [0.05, 0.1) is 18.4 Å². The van der Waals surface area contributed by atoms with Gasteiger partial charge in [0.15, 0.2) is 0 Å². The van der Waals surface area contributed by atoms with Crippen LogP contribution in [0.2, 0.25) is 0 Å². The molecule has 0 aliphatic heterocycles. The average molecular weight is 258 g/mol. The first kappa shape index (κ1) is 13.1. The normalized spacial score (nSPS) is 10.4. The van der Waals surface area contributed by atoms with Crippen LogP contribution in [-0.4, -0.2) is 23.4 Å². The molecule has 0 spiro atoms. The summed E-state index contributed by atoms with van der Waals surface area (Å²) in [5, 5.41) is 4.20. The molecule has 0 radical (unpaired) electrons. The zero-order valence-electron chi connectivity index (χ0n) is 11.2. The average Bonchev–Trinajstić information content (AvgIpc) is 2.42. The topological polar surface area (TPSA) is 64.2 Å². The SMILES string of the molecule is CCN(C)c1cnn(Cc2ccc(N)cc2)c(=O)c1. The molecule has 0 unspecified atom stereocenters. The molecule has 0 bridgehead atoms. The van der Waals surface area contributed by atoms with Crippen molar-refractivity contribution in [2.75, 3.05) is 24.2 Å². The number of hydrogen-bond acceptors (Lipinski definition) is 4. The lowest BCUT2D eigenvalue weighted by Gasteiger charge is -2.16. The van der Waals surface area contributed by atoms with Crippen LogP contribution in [0.3, 0.4) is 0 Å². The van der Waals surface area contributed by atoms with Crippen LogP contribution in [-0.2, 0) is 6.54 Å². The maximum Gasteiger partial charge on any atom is 0.269 e. The Kier molecular flexibility index (Phi) is 3.85. The quantitative estimate of drug-likeness (QED) is 0.840. The highest BCUT2D eigenvalue weighted by Crippen LogP contribution is 2.08. The summed E-state index contributed by atoms with van der Waals surface area (Å²) in [7, 11) is 1.93. The smallest absolute Gasteiger partial charge is 0.269 e. The van der Waals surface area contributed by atoms with E-state index in [-0.39, 0.29) is 5.56 Å². The van der Waals surface area contributed by atoms with Crippen molar-refractivity contribution in [1.29, 1.82) is 0 Å². The highest BCUT2D eigenvalue weighted by atomic mass is 16.1. The standard InChI is InChI=1S/C14H18N4O/c1-3-17(2)13-8-14(19)18(16-9-13)10-11-4-6-12(15)7-5-11/h4-9H,3,10,15H2,1-2H3. The number of nitrogen functional groups attached to an aromatic ring is 1. The molecule has 0 atom stereocenters. The van der Waals surface area contributed by atoms with Crippen LogP contribution in [0.1, 0.15) is 12.5 Å². The van der Waals surface area contributed by atoms with E-state index in [0.717, 1.165) is 17.8 Å². The van der Waals surface area contributed by atoms with Crippen LogP contribution in [0.5, 0.6) is 0 Å². The van der Waals surface area contributed by atoms with Gasteiger partial charge in [-0.25, -0.2) is 4.68 Å². The zero-order chi connectivity index (χ0) is 13.8. The van der Waals surface area contributed by atoms with Gasteiger partial charge in [0.2, 0.25) is 0 Å². The third kappa shape index (κ3) is 3.13. The Hall–Kier alpha value is -2.30. The van der Waals surface area contributed by atoms with E-state index >= 15 is 0 Å². The minimum Gasteiger partial charge on any atom is -0.399 e. The van der Waals surface area contributed by atoms with E-state index in [2.05, 4.69) is 5.10 Å². The molecule has 2 N–H and O–H groups in total. The number of hydrogen-bond donors (Lipinski definition) is 1. The summed E-state index contributed by atoms with van der Waals surface area (Å²) in [4.78, 5) is 14.0. The lowest BCUT2D eigenvalue weighted by atomic mass is 10.2. The monoisotopic (exact) mass is 258 g/mol. The van der Waals surface area contributed by atoms with E-state index < -0.39 is 0 Å². The number of rotatable bonds is 4. The van der Waals surface area contributed by atoms with E-state index in [9.17, 15) is 4.79 Å². The maximum atomic E-state index is 12.0. The van der Waals surface area contributed by atoms with Crippen molar-refractivity contribution in [3.63, 3.8) is 0 Å². The molecule has 1 heterocycles. The van der Waals surface area contributed by atoms with Crippen molar-refractivity contribution in [2.45, 2.75) is 13.5 Å². The highest BCUT2D eigenvalue weighted by Gasteiger charge is 2.04. The van der Waals surface area contributed by atoms with E-state index in [0.29, 0.717) is 12.2 Å². The number of nitrogens with zero attached hydrogens (tertiary/aromatic N) is 3. The van der Waals surface area contributed by atoms with Gasteiger partial charge in [0.1, 0.15) is 0 Å². The maximum absolute atomic E-state index is 12.0. The van der Waals surface area contributed by atoms with Crippen LogP contribution in [0.15, 0.2) is 41.3 Å². The molecule has 5 heteroatoms. The summed E-state index contributed by atoms with van der Waals surface area (Å²) >= 11 is 0. The van der Waals surface area contributed by atoms with Gasteiger partial charge in [-0.05, 0) is 24.6 Å². The van der Waals surface area contributed by atoms with Crippen LogP contribution in [0.4, 0.5) is 11.4 Å². The van der Waals surface area contributed by atoms with Crippen molar-refractivity contribution < 1.29 is 0 Å². The molecule has 19 heavy (non-hydrogen) atoms. The van der Waals surface area contributed by atoms with Crippen molar-refractivity contribution in [2.24, 2.45) is 0 Å². The summed E-state index contributed by atoms with van der Waals surface area (Å²) in [6.45, 7) is 3.32. The molecule has 0 aliphatic carbocycles. The van der Waals surface area contributed by atoms with Crippen molar-refractivity contribution in [3.8, 4) is 0 Å². The Bertz CT molecular complexity index is 604. The van der Waals surface area contributed by atoms with Gasteiger partial charge in [-0.2, -0.15) is 5.10 Å². The van der Waals surface area contributed by atoms with E-state index in [1.165, 1.54) is 4.68 Å². The van der Waals surface area contributed by atoms with Crippen LogP contribution < -0.4 is 16.2 Å².